The van der Waals surface area contributed by atoms with Crippen LogP contribution in [-0.4, -0.2) is 48.8 Å². The number of thioether (sulfide) groups is 1. The van der Waals surface area contributed by atoms with E-state index in [1.807, 2.05) is 68.6 Å². The smallest absolute Gasteiger partial charge is 0.233 e. The molecule has 1 amide bonds. The van der Waals surface area contributed by atoms with E-state index in [-0.39, 0.29) is 17.7 Å². The van der Waals surface area contributed by atoms with E-state index in [0.29, 0.717) is 11.7 Å². The molecule has 0 radical (unpaired) electrons. The predicted octanol–water partition coefficient (Wildman–Crippen LogP) is 3.64. The molecule has 2 aromatic heterocycles. The highest BCUT2D eigenvalue weighted by Crippen LogP contribution is 2.29. The van der Waals surface area contributed by atoms with E-state index in [4.69, 9.17) is 0 Å². The van der Waals surface area contributed by atoms with Crippen LogP contribution >= 0.6 is 23.1 Å². The van der Waals surface area contributed by atoms with Crippen molar-refractivity contribution in [1.29, 1.82) is 0 Å². The molecule has 0 aliphatic carbocycles. The van der Waals surface area contributed by atoms with Gasteiger partial charge in [0.05, 0.1) is 28.6 Å². The Morgan fingerprint density at radius 2 is 1.93 bits per heavy atom. The highest BCUT2D eigenvalue weighted by molar-refractivity contribution is 7.99. The number of fused-ring (bicyclic) bond motifs is 1. The number of nitrogens with zero attached hydrogens (tertiary/aromatic N) is 6. The minimum Gasteiger partial charge on any atom is -0.336 e. The molecule has 29 heavy (non-hydrogen) atoms. The first kappa shape index (κ1) is 19.5. The summed E-state index contributed by atoms with van der Waals surface area (Å²) in [5.74, 6) is 0.275. The zero-order valence-corrected chi connectivity index (χ0v) is 17.7. The molecule has 4 rings (SSSR count). The lowest BCUT2D eigenvalue weighted by atomic mass is 10.2. The summed E-state index contributed by atoms with van der Waals surface area (Å²) in [6.45, 7) is 2.57. The van der Waals surface area contributed by atoms with Crippen molar-refractivity contribution in [2.45, 2.75) is 24.7 Å². The molecule has 0 unspecified atom stereocenters. The molecule has 0 saturated heterocycles. The maximum absolute atomic E-state index is 12.7. The summed E-state index contributed by atoms with van der Waals surface area (Å²) < 4.78 is 2.84. The van der Waals surface area contributed by atoms with Crippen LogP contribution in [0.1, 0.15) is 23.5 Å². The summed E-state index contributed by atoms with van der Waals surface area (Å²) in [5, 5.41) is 13.4. The molecule has 4 aromatic rings. The van der Waals surface area contributed by atoms with Crippen LogP contribution in [0.2, 0.25) is 0 Å². The number of rotatable bonds is 7. The van der Waals surface area contributed by atoms with Gasteiger partial charge in [-0.3, -0.25) is 4.79 Å². The number of hydrogen-bond donors (Lipinski definition) is 0. The minimum absolute atomic E-state index is 0.0102. The summed E-state index contributed by atoms with van der Waals surface area (Å²) in [4.78, 5) is 19.1. The van der Waals surface area contributed by atoms with Crippen LogP contribution in [0.15, 0.2) is 59.8 Å². The number of thiazole rings is 1. The SMILES string of the molecule is C[C@H](c1nc2ccccc2s1)N(C)C(=O)CSc1nnnn1Cc1ccccc1. The van der Waals surface area contributed by atoms with E-state index in [9.17, 15) is 4.79 Å². The van der Waals surface area contributed by atoms with Crippen molar-refractivity contribution in [3.63, 3.8) is 0 Å². The molecule has 2 heterocycles. The van der Waals surface area contributed by atoms with Gasteiger partial charge in [0, 0.05) is 7.05 Å². The van der Waals surface area contributed by atoms with Gasteiger partial charge in [0.15, 0.2) is 0 Å². The normalized spacial score (nSPS) is 12.2. The Bertz CT molecular complexity index is 1080. The minimum atomic E-state index is -0.0965. The molecule has 0 N–H and O–H groups in total. The lowest BCUT2D eigenvalue weighted by Crippen LogP contribution is -2.31. The van der Waals surface area contributed by atoms with Crippen molar-refractivity contribution in [2.75, 3.05) is 12.8 Å². The van der Waals surface area contributed by atoms with Gasteiger partial charge in [-0.15, -0.1) is 16.4 Å². The molecule has 0 bridgehead atoms. The van der Waals surface area contributed by atoms with Gasteiger partial charge in [-0.05, 0) is 35.0 Å². The van der Waals surface area contributed by atoms with E-state index in [2.05, 4.69) is 20.5 Å². The molecule has 148 valence electrons. The van der Waals surface area contributed by atoms with E-state index >= 15 is 0 Å². The zero-order valence-electron chi connectivity index (χ0n) is 16.1. The highest BCUT2D eigenvalue weighted by Gasteiger charge is 2.21. The first-order chi connectivity index (χ1) is 14.1. The molecule has 0 fully saturated rings. The molecular weight excluding hydrogens is 404 g/mol. The van der Waals surface area contributed by atoms with Gasteiger partial charge in [-0.25, -0.2) is 9.67 Å². The molecule has 0 saturated carbocycles. The fourth-order valence-electron chi connectivity index (χ4n) is 2.83. The standard InChI is InChI=1S/C20H20N6OS2/c1-14(19-21-16-10-6-7-11-17(16)29-19)25(2)18(27)13-28-20-22-23-24-26(20)12-15-8-4-3-5-9-15/h3-11,14H,12-13H2,1-2H3/t14-/m1/s1. The Kier molecular flexibility index (Phi) is 5.86. The van der Waals surface area contributed by atoms with Crippen molar-refractivity contribution in [2.24, 2.45) is 0 Å². The second kappa shape index (κ2) is 8.71. The third kappa shape index (κ3) is 4.46. The molecule has 2 aromatic carbocycles. The van der Waals surface area contributed by atoms with Crippen molar-refractivity contribution in [3.05, 3.63) is 65.2 Å². The number of hydrogen-bond acceptors (Lipinski definition) is 7. The van der Waals surface area contributed by atoms with Crippen LogP contribution in [0.3, 0.4) is 0 Å². The Morgan fingerprint density at radius 3 is 2.72 bits per heavy atom. The van der Waals surface area contributed by atoms with Gasteiger partial charge in [0.2, 0.25) is 11.1 Å². The number of para-hydroxylation sites is 1. The fourth-order valence-corrected chi connectivity index (χ4v) is 4.70. The number of benzene rings is 2. The Balaban J connectivity index is 1.39. The maximum atomic E-state index is 12.7. The van der Waals surface area contributed by atoms with Crippen LogP contribution in [-0.2, 0) is 11.3 Å². The van der Waals surface area contributed by atoms with Crippen molar-refractivity contribution in [1.82, 2.24) is 30.1 Å². The number of aromatic nitrogens is 5. The zero-order chi connectivity index (χ0) is 20.2. The molecular formula is C20H20N6OS2. The monoisotopic (exact) mass is 424 g/mol. The van der Waals surface area contributed by atoms with Gasteiger partial charge in [0.1, 0.15) is 5.01 Å². The first-order valence-electron chi connectivity index (χ1n) is 9.16. The van der Waals surface area contributed by atoms with Gasteiger partial charge in [0.25, 0.3) is 0 Å². The van der Waals surface area contributed by atoms with E-state index in [0.717, 1.165) is 20.8 Å². The van der Waals surface area contributed by atoms with E-state index in [1.54, 1.807) is 20.9 Å². The maximum Gasteiger partial charge on any atom is 0.233 e. The molecule has 0 aliphatic rings. The lowest BCUT2D eigenvalue weighted by molar-refractivity contribution is -0.128. The van der Waals surface area contributed by atoms with Crippen LogP contribution in [0.5, 0.6) is 0 Å². The second-order valence-corrected chi connectivity index (χ2v) is 8.60. The molecule has 9 heteroatoms. The number of tetrazole rings is 1. The molecule has 1 atom stereocenters. The lowest BCUT2D eigenvalue weighted by Gasteiger charge is -2.23. The van der Waals surface area contributed by atoms with Crippen LogP contribution < -0.4 is 0 Å². The van der Waals surface area contributed by atoms with E-state index in [1.165, 1.54) is 11.8 Å². The van der Waals surface area contributed by atoms with Crippen molar-refractivity contribution < 1.29 is 4.79 Å². The average Bonchev–Trinajstić information content (AvgIpc) is 3.38. The molecule has 0 spiro atoms. The summed E-state index contributed by atoms with van der Waals surface area (Å²) in [6, 6.07) is 17.9. The summed E-state index contributed by atoms with van der Waals surface area (Å²) in [7, 11) is 1.81. The van der Waals surface area contributed by atoms with Crippen LogP contribution in [0.4, 0.5) is 0 Å². The third-order valence-electron chi connectivity index (χ3n) is 4.64. The van der Waals surface area contributed by atoms with Crippen LogP contribution in [0, 0.1) is 0 Å². The Labute approximate surface area is 176 Å². The Hall–Kier alpha value is -2.78. The highest BCUT2D eigenvalue weighted by atomic mass is 32.2. The fraction of sp³-hybridized carbons (Fsp3) is 0.250. The van der Waals surface area contributed by atoms with Gasteiger partial charge in [-0.1, -0.05) is 54.2 Å². The van der Waals surface area contributed by atoms with Crippen molar-refractivity contribution >= 4 is 39.2 Å². The van der Waals surface area contributed by atoms with Crippen molar-refractivity contribution in [3.8, 4) is 0 Å². The van der Waals surface area contributed by atoms with Gasteiger partial charge < -0.3 is 4.90 Å². The first-order valence-corrected chi connectivity index (χ1v) is 11.0. The topological polar surface area (TPSA) is 76.8 Å². The number of amides is 1. The quantitative estimate of drug-likeness (QED) is 0.422. The van der Waals surface area contributed by atoms with Gasteiger partial charge >= 0.3 is 0 Å². The largest absolute Gasteiger partial charge is 0.336 e. The van der Waals surface area contributed by atoms with Gasteiger partial charge in [-0.2, -0.15) is 0 Å². The molecule has 7 nitrogen and oxygen atoms in total. The average molecular weight is 425 g/mol. The summed E-state index contributed by atoms with van der Waals surface area (Å²) >= 11 is 2.97. The predicted molar refractivity (Wildman–Crippen MR) is 115 cm³/mol. The number of carbonyl (C=O) groups is 1. The van der Waals surface area contributed by atoms with Crippen LogP contribution in [0.25, 0.3) is 10.2 Å². The van der Waals surface area contributed by atoms with E-state index < -0.39 is 0 Å². The number of carbonyl (C=O) groups excluding carboxylic acids is 1. The second-order valence-electron chi connectivity index (χ2n) is 6.59. The summed E-state index contributed by atoms with van der Waals surface area (Å²) in [6.07, 6.45) is 0. The Morgan fingerprint density at radius 1 is 1.17 bits per heavy atom. The third-order valence-corrected chi connectivity index (χ3v) is 6.79. The molecule has 0 aliphatic heterocycles. The summed E-state index contributed by atoms with van der Waals surface area (Å²) in [5.41, 5.74) is 2.07.